The van der Waals surface area contributed by atoms with E-state index in [9.17, 15) is 0 Å². The molecular weight excluding hydrogens is 516 g/mol. The summed E-state index contributed by atoms with van der Waals surface area (Å²) in [5.74, 6) is 3.43. The number of hydrogen-bond donors (Lipinski definition) is 0. The first-order valence-corrected chi connectivity index (χ1v) is 15.4. The Labute approximate surface area is 246 Å². The molecular formula is C38H35N2O2+. The van der Waals surface area contributed by atoms with Gasteiger partial charge in [0.25, 0.3) is 5.52 Å². The number of hydrogen-bond acceptors (Lipinski definition) is 3. The zero-order valence-corrected chi connectivity index (χ0v) is 24.3. The lowest BCUT2D eigenvalue weighted by molar-refractivity contribution is -0.673. The predicted octanol–water partition coefficient (Wildman–Crippen LogP) is 9.25. The number of oxazole rings is 1. The molecule has 0 amide bonds. The lowest BCUT2D eigenvalue weighted by Gasteiger charge is -2.28. The molecule has 3 aliphatic rings. The van der Waals surface area contributed by atoms with Gasteiger partial charge < -0.3 is 14.1 Å². The maximum Gasteiger partial charge on any atom is 0.374 e. The second-order valence-corrected chi connectivity index (χ2v) is 11.6. The molecule has 4 heteroatoms. The van der Waals surface area contributed by atoms with E-state index < -0.39 is 0 Å². The molecule has 8 rings (SSSR count). The maximum absolute atomic E-state index is 6.44. The third-order valence-corrected chi connectivity index (χ3v) is 9.22. The molecule has 0 saturated carbocycles. The number of rotatable bonds is 4. The van der Waals surface area contributed by atoms with Gasteiger partial charge in [0.15, 0.2) is 5.75 Å². The number of aryl methyl sites for hydroxylation is 1. The molecule has 2 heterocycles. The molecule has 0 spiro atoms. The second kappa shape index (κ2) is 10.1. The largest absolute Gasteiger partial charge is 0.439 e. The van der Waals surface area contributed by atoms with Crippen LogP contribution in [0.25, 0.3) is 38.7 Å². The van der Waals surface area contributed by atoms with Crippen molar-refractivity contribution in [1.29, 1.82) is 0 Å². The number of anilines is 1. The molecule has 1 unspecified atom stereocenters. The van der Waals surface area contributed by atoms with Crippen molar-refractivity contribution in [2.24, 2.45) is 5.92 Å². The number of allylic oxidation sites excluding steroid dienone is 6. The van der Waals surface area contributed by atoms with E-state index in [-0.39, 0.29) is 0 Å². The molecule has 1 atom stereocenters. The van der Waals surface area contributed by atoms with Gasteiger partial charge in [-0.25, -0.2) is 0 Å². The summed E-state index contributed by atoms with van der Waals surface area (Å²) >= 11 is 0. The van der Waals surface area contributed by atoms with Gasteiger partial charge in [0.05, 0.1) is 17.1 Å². The van der Waals surface area contributed by atoms with Crippen LogP contribution in [-0.2, 0) is 6.54 Å². The first-order chi connectivity index (χ1) is 20.7. The van der Waals surface area contributed by atoms with Crippen LogP contribution in [0.5, 0.6) is 5.75 Å². The van der Waals surface area contributed by atoms with Crippen LogP contribution in [0.1, 0.15) is 45.4 Å². The van der Waals surface area contributed by atoms with Gasteiger partial charge in [-0.15, -0.1) is 0 Å². The number of aromatic nitrogens is 1. The number of benzene rings is 4. The molecule has 0 N–H and O–H groups in total. The first-order valence-electron chi connectivity index (χ1n) is 15.4. The van der Waals surface area contributed by atoms with E-state index >= 15 is 0 Å². The summed E-state index contributed by atoms with van der Waals surface area (Å²) in [7, 11) is 0. The van der Waals surface area contributed by atoms with E-state index in [0.717, 1.165) is 49.0 Å². The molecule has 42 heavy (non-hydrogen) atoms. The summed E-state index contributed by atoms with van der Waals surface area (Å²) in [6.45, 7) is 6.12. The Morgan fingerprint density at radius 3 is 2.43 bits per heavy atom. The lowest BCUT2D eigenvalue weighted by Crippen LogP contribution is -2.34. The fourth-order valence-electron chi connectivity index (χ4n) is 7.14. The summed E-state index contributed by atoms with van der Waals surface area (Å²) in [5, 5.41) is 4.97. The topological polar surface area (TPSA) is 29.5 Å². The predicted molar refractivity (Wildman–Crippen MR) is 171 cm³/mol. The Kier molecular flexibility index (Phi) is 6.03. The quantitative estimate of drug-likeness (QED) is 0.209. The van der Waals surface area contributed by atoms with Crippen molar-refractivity contribution in [3.63, 3.8) is 0 Å². The fraction of sp³-hybridized carbons (Fsp3) is 0.237. The van der Waals surface area contributed by atoms with Gasteiger partial charge in [0.2, 0.25) is 11.5 Å². The molecule has 0 bridgehead atoms. The van der Waals surface area contributed by atoms with Crippen molar-refractivity contribution in [3.8, 4) is 5.75 Å². The highest BCUT2D eigenvalue weighted by Gasteiger charge is 2.29. The summed E-state index contributed by atoms with van der Waals surface area (Å²) in [4.78, 5) is 2.32. The van der Waals surface area contributed by atoms with Gasteiger partial charge in [-0.3, -0.25) is 0 Å². The lowest BCUT2D eigenvalue weighted by atomic mass is 9.77. The minimum Gasteiger partial charge on any atom is -0.439 e. The Hall–Kier alpha value is -4.57. The molecule has 4 nitrogen and oxygen atoms in total. The van der Waals surface area contributed by atoms with E-state index in [1.165, 1.54) is 62.3 Å². The van der Waals surface area contributed by atoms with Crippen molar-refractivity contribution >= 4 is 44.4 Å². The van der Waals surface area contributed by atoms with E-state index in [4.69, 9.17) is 9.15 Å². The molecule has 4 aromatic carbocycles. The van der Waals surface area contributed by atoms with Crippen molar-refractivity contribution in [2.75, 3.05) is 11.4 Å². The van der Waals surface area contributed by atoms with Gasteiger partial charge >= 0.3 is 5.89 Å². The highest BCUT2D eigenvalue weighted by Crippen LogP contribution is 2.45. The molecule has 0 saturated heterocycles. The second-order valence-electron chi connectivity index (χ2n) is 11.6. The van der Waals surface area contributed by atoms with Gasteiger partial charge in [-0.1, -0.05) is 66.7 Å². The smallest absolute Gasteiger partial charge is 0.374 e. The summed E-state index contributed by atoms with van der Waals surface area (Å²) < 4.78 is 15.2. The highest BCUT2D eigenvalue weighted by atomic mass is 16.5. The minimum absolute atomic E-state index is 0.620. The van der Waals surface area contributed by atoms with Crippen LogP contribution in [0.2, 0.25) is 0 Å². The van der Waals surface area contributed by atoms with Crippen molar-refractivity contribution in [3.05, 3.63) is 120 Å². The third-order valence-electron chi connectivity index (χ3n) is 9.22. The number of nitrogens with zero attached hydrogens (tertiary/aromatic N) is 2. The third kappa shape index (κ3) is 4.08. The SMILES string of the molecule is CCN1/C(=C/C2=CC3=C/C(=C/c4oc5ccc6ccccc6c5[n+]4CC)CCC3CC2)Oc2ccc3ccccc3c21. The average Bonchev–Trinajstić information content (AvgIpc) is 3.58. The van der Waals surface area contributed by atoms with Crippen LogP contribution in [0.3, 0.4) is 0 Å². The monoisotopic (exact) mass is 551 g/mol. The molecule has 0 radical (unpaired) electrons. The van der Waals surface area contributed by atoms with E-state index in [0.29, 0.717) is 5.92 Å². The molecule has 5 aromatic rings. The Bertz CT molecular complexity index is 2000. The van der Waals surface area contributed by atoms with Crippen LogP contribution < -0.4 is 14.2 Å². The van der Waals surface area contributed by atoms with E-state index in [2.05, 4.69) is 120 Å². The Balaban J connectivity index is 1.14. The van der Waals surface area contributed by atoms with Crippen LogP contribution in [-0.4, -0.2) is 6.54 Å². The minimum atomic E-state index is 0.620. The Morgan fingerprint density at radius 2 is 1.60 bits per heavy atom. The summed E-state index contributed by atoms with van der Waals surface area (Å²) in [6, 6.07) is 25.7. The average molecular weight is 552 g/mol. The number of ether oxygens (including phenoxy) is 1. The standard InChI is InChI=1S/C38H35N2O2/c1-3-39-35(41-33-19-17-28-9-5-7-11-31(28)37(33)39)23-25-13-15-27-16-14-26(22-30(27)21-25)24-36-40(4-2)38-32-12-8-6-10-29(32)18-20-34(38)42-36/h5-12,17-24,27H,3-4,13-16H2,1-2H3/q+1. The summed E-state index contributed by atoms with van der Waals surface area (Å²) in [6.07, 6.45) is 13.9. The molecule has 1 aromatic heterocycles. The number of fused-ring (bicyclic) bond motifs is 7. The highest BCUT2D eigenvalue weighted by molar-refractivity contribution is 6.02. The van der Waals surface area contributed by atoms with Gasteiger partial charge in [-0.05, 0) is 91.1 Å². The first kappa shape index (κ1) is 25.2. The van der Waals surface area contributed by atoms with E-state index in [1.54, 1.807) is 0 Å². The van der Waals surface area contributed by atoms with Crippen molar-refractivity contribution < 1.29 is 13.7 Å². The van der Waals surface area contributed by atoms with Gasteiger partial charge in [-0.2, -0.15) is 4.57 Å². The molecule has 0 fully saturated rings. The fourth-order valence-corrected chi connectivity index (χ4v) is 7.14. The van der Waals surface area contributed by atoms with E-state index in [1.807, 2.05) is 0 Å². The zero-order chi connectivity index (χ0) is 28.2. The zero-order valence-electron chi connectivity index (χ0n) is 24.3. The van der Waals surface area contributed by atoms with Crippen LogP contribution >= 0.6 is 0 Å². The van der Waals surface area contributed by atoms with Crippen molar-refractivity contribution in [2.45, 2.75) is 46.1 Å². The normalized spacial score (nSPS) is 20.2. The van der Waals surface area contributed by atoms with Crippen LogP contribution in [0.4, 0.5) is 5.69 Å². The van der Waals surface area contributed by atoms with Crippen LogP contribution in [0.15, 0.2) is 118 Å². The molecule has 1 aliphatic heterocycles. The Morgan fingerprint density at radius 1 is 0.833 bits per heavy atom. The van der Waals surface area contributed by atoms with Gasteiger partial charge in [0.1, 0.15) is 6.54 Å². The molecule has 2 aliphatic carbocycles. The molecule has 208 valence electrons. The van der Waals surface area contributed by atoms with Crippen molar-refractivity contribution in [1.82, 2.24) is 0 Å². The maximum atomic E-state index is 6.44. The van der Waals surface area contributed by atoms with Crippen LogP contribution in [0, 0.1) is 5.92 Å². The summed E-state index contributed by atoms with van der Waals surface area (Å²) in [5.41, 5.74) is 7.41. The van der Waals surface area contributed by atoms with Gasteiger partial charge in [0, 0.05) is 18.0 Å².